The third-order valence-corrected chi connectivity index (χ3v) is 7.22. The van der Waals surface area contributed by atoms with Crippen molar-refractivity contribution in [3.63, 3.8) is 0 Å². The number of carbonyl (C=O) groups excluding carboxylic acids is 2. The summed E-state index contributed by atoms with van der Waals surface area (Å²) in [4.78, 5) is 33.6. The summed E-state index contributed by atoms with van der Waals surface area (Å²) >= 11 is 4.23. The Labute approximate surface area is 191 Å². The van der Waals surface area contributed by atoms with Crippen molar-refractivity contribution in [1.82, 2.24) is 9.97 Å². The number of carbonyl (C=O) groups is 2. The first-order valence-corrected chi connectivity index (χ1v) is 12.3. The largest absolute Gasteiger partial charge is 0.494 e. The molecule has 0 atom stereocenters. The molecule has 1 amide bonds. The number of hydrogen-bond donors (Lipinski definition) is 1. The Hall–Kier alpha value is -2.75. The van der Waals surface area contributed by atoms with Crippen LogP contribution in [-0.2, 0) is 11.2 Å². The van der Waals surface area contributed by atoms with Gasteiger partial charge in [-0.15, -0.1) is 11.3 Å². The fourth-order valence-corrected chi connectivity index (χ4v) is 5.46. The molecule has 4 rings (SSSR count). The minimum atomic E-state index is -0.175. The molecular weight excluding hydrogens is 450 g/mol. The summed E-state index contributed by atoms with van der Waals surface area (Å²) in [5.41, 5.74) is 2.19. The van der Waals surface area contributed by atoms with Gasteiger partial charge in [0.05, 0.1) is 34.7 Å². The number of ether oxygens (including phenoxy) is 1. The molecule has 4 aromatic rings. The van der Waals surface area contributed by atoms with Gasteiger partial charge in [-0.2, -0.15) is 0 Å². The molecule has 0 aliphatic heterocycles. The fourth-order valence-electron chi connectivity index (χ4n) is 2.81. The van der Waals surface area contributed by atoms with Gasteiger partial charge in [0.1, 0.15) is 5.75 Å². The van der Waals surface area contributed by atoms with Gasteiger partial charge in [-0.1, -0.05) is 53.4 Å². The Morgan fingerprint density at radius 1 is 1.13 bits per heavy atom. The van der Waals surface area contributed by atoms with Gasteiger partial charge in [0, 0.05) is 10.9 Å². The number of Topliss-reactive ketones (excluding diaryl/α,β-unsaturated/α-hetero) is 1. The lowest BCUT2D eigenvalue weighted by Gasteiger charge is -2.00. The van der Waals surface area contributed by atoms with E-state index in [-0.39, 0.29) is 18.1 Å². The van der Waals surface area contributed by atoms with Crippen LogP contribution in [0.1, 0.15) is 23.0 Å². The zero-order valence-corrected chi connectivity index (χ0v) is 19.1. The van der Waals surface area contributed by atoms with Crippen molar-refractivity contribution in [2.24, 2.45) is 0 Å². The Balaban J connectivity index is 1.31. The molecule has 9 heteroatoms. The highest BCUT2D eigenvalue weighted by Gasteiger charge is 2.13. The summed E-state index contributed by atoms with van der Waals surface area (Å²) in [6.07, 6.45) is 0.157. The summed E-state index contributed by atoms with van der Waals surface area (Å²) < 4.78 is 7.24. The number of thiazole rings is 2. The van der Waals surface area contributed by atoms with E-state index in [1.807, 2.05) is 48.7 Å². The Kier molecular flexibility index (Phi) is 6.96. The summed E-state index contributed by atoms with van der Waals surface area (Å²) in [5, 5.41) is 5.24. The number of amides is 1. The predicted octanol–water partition coefficient (Wildman–Crippen LogP) is 5.31. The molecule has 2 aromatic heterocycles. The van der Waals surface area contributed by atoms with Gasteiger partial charge in [-0.05, 0) is 25.1 Å². The molecule has 0 bridgehead atoms. The lowest BCUT2D eigenvalue weighted by Crippen LogP contribution is -2.14. The topological polar surface area (TPSA) is 81.2 Å². The summed E-state index contributed by atoms with van der Waals surface area (Å²) in [5.74, 6) is 0.989. The Bertz CT molecular complexity index is 1200. The monoisotopic (exact) mass is 469 g/mol. The van der Waals surface area contributed by atoms with Crippen molar-refractivity contribution >= 4 is 61.5 Å². The van der Waals surface area contributed by atoms with Crippen LogP contribution in [0.4, 0.5) is 5.13 Å². The first kappa shape index (κ1) is 21.5. The second-order valence-corrected chi connectivity index (χ2v) is 9.60. The zero-order chi connectivity index (χ0) is 21.6. The molecule has 0 unspecified atom stereocenters. The molecule has 1 N–H and O–H groups in total. The number of nitrogens with zero attached hydrogens (tertiary/aromatic N) is 2. The number of anilines is 1. The van der Waals surface area contributed by atoms with Crippen LogP contribution in [0.25, 0.3) is 10.2 Å². The van der Waals surface area contributed by atoms with Crippen molar-refractivity contribution in [3.8, 4) is 5.75 Å². The molecule has 158 valence electrons. The van der Waals surface area contributed by atoms with E-state index < -0.39 is 0 Å². The summed E-state index contributed by atoms with van der Waals surface area (Å²) in [6, 6.07) is 14.9. The van der Waals surface area contributed by atoms with E-state index in [1.165, 1.54) is 34.4 Å². The van der Waals surface area contributed by atoms with Crippen molar-refractivity contribution in [1.29, 1.82) is 0 Å². The fraction of sp³-hybridized carbons (Fsp3) is 0.182. The second-order valence-electron chi connectivity index (χ2n) is 6.49. The van der Waals surface area contributed by atoms with E-state index in [2.05, 4.69) is 15.3 Å². The van der Waals surface area contributed by atoms with E-state index in [0.29, 0.717) is 28.7 Å². The van der Waals surface area contributed by atoms with Gasteiger partial charge >= 0.3 is 0 Å². The van der Waals surface area contributed by atoms with Crippen LogP contribution in [-0.4, -0.2) is 34.0 Å². The van der Waals surface area contributed by atoms with Gasteiger partial charge in [0.25, 0.3) is 0 Å². The SMILES string of the molecule is CCOc1ccc2nc(NC(=O)Cc3csc(SCC(=O)c4ccccc4)n3)sc2c1. The number of ketones is 1. The number of thioether (sulfide) groups is 1. The molecule has 0 saturated heterocycles. The standard InChI is InChI=1S/C22H19N3O3S3/c1-2-28-16-8-9-17-19(11-16)31-21(24-17)25-20(27)10-15-12-29-22(23-15)30-13-18(26)14-6-4-3-5-7-14/h3-9,11-12H,2,10,13H2,1H3,(H,24,25,27). The Morgan fingerprint density at radius 3 is 2.77 bits per heavy atom. The van der Waals surface area contributed by atoms with Crippen molar-refractivity contribution in [2.45, 2.75) is 17.7 Å². The number of nitrogens with one attached hydrogen (secondary N) is 1. The van der Waals surface area contributed by atoms with Crippen molar-refractivity contribution in [2.75, 3.05) is 17.7 Å². The number of benzene rings is 2. The van der Waals surface area contributed by atoms with E-state index in [1.54, 1.807) is 12.1 Å². The maximum absolute atomic E-state index is 12.4. The quantitative estimate of drug-likeness (QED) is 0.264. The number of aromatic nitrogens is 2. The Morgan fingerprint density at radius 2 is 1.97 bits per heavy atom. The molecule has 0 saturated carbocycles. The van der Waals surface area contributed by atoms with Crippen LogP contribution >= 0.6 is 34.4 Å². The van der Waals surface area contributed by atoms with Crippen molar-refractivity contribution < 1.29 is 14.3 Å². The van der Waals surface area contributed by atoms with Crippen LogP contribution < -0.4 is 10.1 Å². The van der Waals surface area contributed by atoms with Gasteiger partial charge < -0.3 is 10.1 Å². The van der Waals surface area contributed by atoms with Crippen LogP contribution in [0, 0.1) is 0 Å². The minimum Gasteiger partial charge on any atom is -0.494 e. The smallest absolute Gasteiger partial charge is 0.232 e. The van der Waals surface area contributed by atoms with E-state index in [9.17, 15) is 9.59 Å². The summed E-state index contributed by atoms with van der Waals surface area (Å²) in [7, 11) is 0. The lowest BCUT2D eigenvalue weighted by atomic mass is 10.2. The third kappa shape index (κ3) is 5.69. The molecule has 2 aromatic carbocycles. The number of fused-ring (bicyclic) bond motifs is 1. The highest BCUT2D eigenvalue weighted by atomic mass is 32.2. The highest BCUT2D eigenvalue weighted by molar-refractivity contribution is 8.01. The third-order valence-electron chi connectivity index (χ3n) is 4.21. The molecule has 0 aliphatic rings. The van der Waals surface area contributed by atoms with Crippen LogP contribution in [0.3, 0.4) is 0 Å². The minimum absolute atomic E-state index is 0.0587. The molecule has 31 heavy (non-hydrogen) atoms. The normalized spacial score (nSPS) is 10.9. The number of rotatable bonds is 9. The average Bonchev–Trinajstić information content (AvgIpc) is 3.38. The maximum Gasteiger partial charge on any atom is 0.232 e. The van der Waals surface area contributed by atoms with Crippen LogP contribution in [0.2, 0.25) is 0 Å². The van der Waals surface area contributed by atoms with Crippen LogP contribution in [0.15, 0.2) is 58.3 Å². The maximum atomic E-state index is 12.4. The average molecular weight is 470 g/mol. The number of hydrogen-bond acceptors (Lipinski definition) is 8. The molecular formula is C22H19N3O3S3. The summed E-state index contributed by atoms with van der Waals surface area (Å²) in [6.45, 7) is 2.54. The molecule has 6 nitrogen and oxygen atoms in total. The first-order valence-electron chi connectivity index (χ1n) is 9.59. The van der Waals surface area contributed by atoms with Crippen LogP contribution in [0.5, 0.6) is 5.75 Å². The second kappa shape index (κ2) is 10.0. The highest BCUT2D eigenvalue weighted by Crippen LogP contribution is 2.29. The lowest BCUT2D eigenvalue weighted by molar-refractivity contribution is -0.115. The van der Waals surface area contributed by atoms with Gasteiger partial charge in [-0.25, -0.2) is 9.97 Å². The van der Waals surface area contributed by atoms with Gasteiger partial charge in [-0.3, -0.25) is 9.59 Å². The van der Waals surface area contributed by atoms with Gasteiger partial charge in [0.15, 0.2) is 15.3 Å². The molecule has 0 fully saturated rings. The predicted molar refractivity (Wildman–Crippen MR) is 127 cm³/mol. The molecule has 2 heterocycles. The van der Waals surface area contributed by atoms with Crippen molar-refractivity contribution in [3.05, 3.63) is 65.2 Å². The van der Waals surface area contributed by atoms with Gasteiger partial charge in [0.2, 0.25) is 5.91 Å². The molecule has 0 spiro atoms. The van der Waals surface area contributed by atoms with E-state index in [4.69, 9.17) is 4.74 Å². The van der Waals surface area contributed by atoms with E-state index in [0.717, 1.165) is 20.3 Å². The molecule has 0 aliphatic carbocycles. The first-order chi connectivity index (χ1) is 15.1. The van der Waals surface area contributed by atoms with E-state index >= 15 is 0 Å². The molecule has 0 radical (unpaired) electrons. The zero-order valence-electron chi connectivity index (χ0n) is 16.7.